The van der Waals surface area contributed by atoms with E-state index in [1.54, 1.807) is 17.0 Å². The molecule has 2 aliphatic rings. The number of sulfone groups is 1. The first-order chi connectivity index (χ1) is 13.9. The molecule has 1 N–H and O–H groups in total. The van der Waals surface area contributed by atoms with Gasteiger partial charge in [-0.3, -0.25) is 4.79 Å². The van der Waals surface area contributed by atoms with Crippen molar-refractivity contribution in [2.24, 2.45) is 0 Å². The van der Waals surface area contributed by atoms with Crippen molar-refractivity contribution in [1.29, 1.82) is 0 Å². The van der Waals surface area contributed by atoms with Crippen molar-refractivity contribution in [2.45, 2.75) is 36.6 Å². The van der Waals surface area contributed by atoms with E-state index in [9.17, 15) is 13.2 Å². The number of anilines is 1. The number of fused-ring (bicyclic) bond motifs is 1. The predicted molar refractivity (Wildman–Crippen MR) is 107 cm³/mol. The van der Waals surface area contributed by atoms with Gasteiger partial charge in [0.1, 0.15) is 6.73 Å². The number of nitrogens with zero attached hydrogens (tertiary/aromatic N) is 3. The van der Waals surface area contributed by atoms with Gasteiger partial charge in [-0.2, -0.15) is 0 Å². The van der Waals surface area contributed by atoms with Crippen molar-refractivity contribution in [2.75, 3.05) is 31.5 Å². The van der Waals surface area contributed by atoms with Gasteiger partial charge in [0, 0.05) is 37.8 Å². The van der Waals surface area contributed by atoms with Gasteiger partial charge in [0.25, 0.3) is 5.91 Å². The molecule has 0 spiro atoms. The third-order valence-electron chi connectivity index (χ3n) is 5.27. The minimum atomic E-state index is -3.22. The summed E-state index contributed by atoms with van der Waals surface area (Å²) in [6.07, 6.45) is 7.64. The fraction of sp³-hybridized carbons (Fsp3) is 0.450. The molecule has 1 aromatic carbocycles. The molecule has 8 nitrogen and oxygen atoms in total. The predicted octanol–water partition coefficient (Wildman–Crippen LogP) is 1.67. The minimum Gasteiger partial charge on any atom is -0.361 e. The lowest BCUT2D eigenvalue weighted by Gasteiger charge is -2.19. The molecule has 1 unspecified atom stereocenters. The van der Waals surface area contributed by atoms with Crippen LogP contribution in [0, 0.1) is 0 Å². The maximum Gasteiger partial charge on any atom is 0.258 e. The van der Waals surface area contributed by atoms with Crippen molar-refractivity contribution in [3.63, 3.8) is 0 Å². The van der Waals surface area contributed by atoms with Crippen LogP contribution in [0.25, 0.3) is 0 Å². The lowest BCUT2D eigenvalue weighted by molar-refractivity contribution is 0.0368. The van der Waals surface area contributed by atoms with E-state index in [2.05, 4.69) is 15.3 Å². The molecule has 1 aliphatic carbocycles. The van der Waals surface area contributed by atoms with Gasteiger partial charge in [-0.15, -0.1) is 0 Å². The molecular formula is C20H24N4O4S. The number of rotatable bonds is 4. The zero-order valence-corrected chi connectivity index (χ0v) is 17.1. The highest BCUT2D eigenvalue weighted by Crippen LogP contribution is 2.26. The third kappa shape index (κ3) is 4.56. The highest BCUT2D eigenvalue weighted by atomic mass is 32.2. The van der Waals surface area contributed by atoms with E-state index >= 15 is 0 Å². The van der Waals surface area contributed by atoms with E-state index in [4.69, 9.17) is 4.74 Å². The van der Waals surface area contributed by atoms with Crippen molar-refractivity contribution >= 4 is 21.7 Å². The topological polar surface area (TPSA) is 101 Å². The van der Waals surface area contributed by atoms with E-state index in [0.717, 1.165) is 30.4 Å². The lowest BCUT2D eigenvalue weighted by atomic mass is 10.1. The summed E-state index contributed by atoms with van der Waals surface area (Å²) in [5.41, 5.74) is 2.59. The number of hydrogen-bond donors (Lipinski definition) is 1. The number of amides is 1. The fourth-order valence-electron chi connectivity index (χ4n) is 3.71. The SMILES string of the molecule is CS(=O)(=O)c1ccc2c(c1)CC(Nc1ncc(C(=O)N3CCCCOC3)cn1)C2. The molecule has 1 fully saturated rings. The maximum absolute atomic E-state index is 12.6. The molecule has 154 valence electrons. The normalized spacial score (nSPS) is 19.5. The molecule has 2 heterocycles. The smallest absolute Gasteiger partial charge is 0.258 e. The molecule has 0 radical (unpaired) electrons. The molecule has 1 saturated heterocycles. The second-order valence-corrected chi connectivity index (χ2v) is 9.58. The molecule has 0 bridgehead atoms. The summed E-state index contributed by atoms with van der Waals surface area (Å²) in [5.74, 6) is 0.329. The largest absolute Gasteiger partial charge is 0.361 e. The van der Waals surface area contributed by atoms with Gasteiger partial charge in [0.2, 0.25) is 5.95 Å². The Kier molecular flexibility index (Phi) is 5.51. The quantitative estimate of drug-likeness (QED) is 0.809. The van der Waals surface area contributed by atoms with E-state index in [1.165, 1.54) is 18.6 Å². The first-order valence-electron chi connectivity index (χ1n) is 9.67. The lowest BCUT2D eigenvalue weighted by Crippen LogP contribution is -2.33. The van der Waals surface area contributed by atoms with Crippen molar-refractivity contribution in [3.05, 3.63) is 47.3 Å². The van der Waals surface area contributed by atoms with Gasteiger partial charge in [-0.05, 0) is 48.9 Å². The average Bonchev–Trinajstić information content (AvgIpc) is 2.90. The van der Waals surface area contributed by atoms with E-state index < -0.39 is 9.84 Å². The Balaban J connectivity index is 1.39. The van der Waals surface area contributed by atoms with Crippen LogP contribution in [0.2, 0.25) is 0 Å². The highest BCUT2D eigenvalue weighted by molar-refractivity contribution is 7.90. The monoisotopic (exact) mass is 416 g/mol. The number of carbonyl (C=O) groups excluding carboxylic acids is 1. The molecule has 1 aliphatic heterocycles. The molecule has 1 aromatic heterocycles. The van der Waals surface area contributed by atoms with Gasteiger partial charge in [-0.25, -0.2) is 18.4 Å². The van der Waals surface area contributed by atoms with Crippen molar-refractivity contribution in [3.8, 4) is 0 Å². The van der Waals surface area contributed by atoms with Crippen molar-refractivity contribution < 1.29 is 17.9 Å². The molecule has 1 atom stereocenters. The van der Waals surface area contributed by atoms with Gasteiger partial charge in [0.15, 0.2) is 9.84 Å². The Hall–Kier alpha value is -2.52. The van der Waals surface area contributed by atoms with E-state index in [1.807, 2.05) is 6.07 Å². The Morgan fingerprint density at radius 3 is 2.69 bits per heavy atom. The highest BCUT2D eigenvalue weighted by Gasteiger charge is 2.24. The van der Waals surface area contributed by atoms with Crippen LogP contribution in [0.3, 0.4) is 0 Å². The molecular weight excluding hydrogens is 392 g/mol. The average molecular weight is 417 g/mol. The summed E-state index contributed by atoms with van der Waals surface area (Å²) < 4.78 is 28.9. The van der Waals surface area contributed by atoms with Gasteiger partial charge in [-0.1, -0.05) is 6.07 Å². The summed E-state index contributed by atoms with van der Waals surface area (Å²) in [7, 11) is -3.22. The number of benzene rings is 1. The summed E-state index contributed by atoms with van der Waals surface area (Å²) in [6.45, 7) is 1.65. The standard InChI is InChI=1S/C20H24N4O4S/c1-29(26,27)18-5-4-14-8-17(9-15(14)10-18)23-20-21-11-16(12-22-20)19(25)24-6-2-3-7-28-13-24/h4-5,10-12,17H,2-3,6-9,13H2,1H3,(H,21,22,23). The van der Waals surface area contributed by atoms with Crippen LogP contribution >= 0.6 is 0 Å². The Bertz CT molecular complexity index is 1000. The summed E-state index contributed by atoms with van der Waals surface area (Å²) >= 11 is 0. The molecule has 4 rings (SSSR count). The fourth-order valence-corrected chi connectivity index (χ4v) is 4.38. The van der Waals surface area contributed by atoms with Crippen LogP contribution in [-0.2, 0) is 27.4 Å². The van der Waals surface area contributed by atoms with Crippen LogP contribution in [0.5, 0.6) is 0 Å². The number of ether oxygens (including phenoxy) is 1. The first kappa shape index (κ1) is 19.8. The van der Waals surface area contributed by atoms with E-state index in [-0.39, 0.29) is 11.9 Å². The first-order valence-corrected chi connectivity index (χ1v) is 11.6. The van der Waals surface area contributed by atoms with Gasteiger partial charge < -0.3 is 15.0 Å². The molecule has 1 amide bonds. The minimum absolute atomic E-state index is 0.0837. The summed E-state index contributed by atoms with van der Waals surface area (Å²) in [6, 6.07) is 5.36. The Labute approximate surface area is 170 Å². The number of carbonyl (C=O) groups is 1. The van der Waals surface area contributed by atoms with E-state index in [0.29, 0.717) is 42.7 Å². The summed E-state index contributed by atoms with van der Waals surface area (Å²) in [5, 5.41) is 3.28. The Morgan fingerprint density at radius 1 is 1.17 bits per heavy atom. The van der Waals surface area contributed by atoms with Gasteiger partial charge >= 0.3 is 0 Å². The molecule has 29 heavy (non-hydrogen) atoms. The zero-order valence-electron chi connectivity index (χ0n) is 16.3. The third-order valence-corrected chi connectivity index (χ3v) is 6.38. The molecule has 9 heteroatoms. The van der Waals surface area contributed by atoms with Crippen LogP contribution in [0.4, 0.5) is 5.95 Å². The number of nitrogens with one attached hydrogen (secondary N) is 1. The second kappa shape index (κ2) is 8.08. The zero-order chi connectivity index (χ0) is 20.4. The van der Waals surface area contributed by atoms with Crippen LogP contribution in [-0.4, -0.2) is 61.4 Å². The van der Waals surface area contributed by atoms with Gasteiger partial charge in [0.05, 0.1) is 10.5 Å². The summed E-state index contributed by atoms with van der Waals surface area (Å²) in [4.78, 5) is 23.2. The maximum atomic E-state index is 12.6. The second-order valence-electron chi connectivity index (χ2n) is 7.56. The molecule has 0 saturated carbocycles. The Morgan fingerprint density at radius 2 is 1.93 bits per heavy atom. The molecule has 2 aromatic rings. The van der Waals surface area contributed by atoms with Crippen molar-refractivity contribution in [1.82, 2.24) is 14.9 Å². The van der Waals surface area contributed by atoms with Crippen LogP contribution in [0.15, 0.2) is 35.5 Å². The van der Waals surface area contributed by atoms with Crippen LogP contribution in [0.1, 0.15) is 34.3 Å². The van der Waals surface area contributed by atoms with Crippen LogP contribution < -0.4 is 5.32 Å². The number of aromatic nitrogens is 2. The number of hydrogen-bond acceptors (Lipinski definition) is 7.